The molecule has 3 aromatic heterocycles. The Morgan fingerprint density at radius 3 is 2.07 bits per heavy atom. The van der Waals surface area contributed by atoms with Gasteiger partial charge in [-0.25, -0.2) is 14.6 Å². The smallest absolute Gasteiger partial charge is 0.293 e. The maximum atomic E-state index is 13.3. The molecule has 4 N–H and O–H groups in total. The lowest BCUT2D eigenvalue weighted by molar-refractivity contribution is -0.157. The standard InChI is InChI=1S/C91H137N9O18/c1-66(20-12-9-13-21-68(3)84(107-8)60-78-23-18-24-83(117-78)87(105)90(106)99-39-14-10-15-40-99)56-69(4)80(103)61-81(104)70(5)57-67(2)25-32-77(116-65-102)35-29-71-27-33-76(34-28-71)115-55-54-114-53-52-113-51-50-112-49-48-111-47-46-110-45-44-109-42-17-11-16-41-108-43-19-22-73-30-26-72(58-74(73)37-38-93-64-101)62-100-89-85(88(98(6)7)94-63-95-89)86(97-100)75-31-36-82-79(59-75)96-91(92)118-82/h9,12-13,20-21,26,30-31,36,57-59,63-67,69,71,76-78,81,83-84,104H,10-11,14-19,22-25,27-29,32-35,37-56,60-62H2,1-8H3,(H2,92,96)(H,93,101)/b13-9+,20-12+,68-21+,70-57+. The number of nitrogens with two attached hydrogens (primary N) is 1. The number of piperidine rings is 1. The molecule has 5 aromatic rings. The van der Waals surface area contributed by atoms with Crippen LogP contribution in [0.15, 0.2) is 94.7 Å². The molecule has 1 saturated carbocycles. The number of amides is 2. The van der Waals surface area contributed by atoms with Gasteiger partial charge in [0.1, 0.15) is 41.3 Å². The van der Waals surface area contributed by atoms with Crippen molar-refractivity contribution in [1.29, 1.82) is 0 Å². The van der Waals surface area contributed by atoms with Crippen LogP contribution in [0.5, 0.6) is 0 Å². The number of nitrogens with zero attached hydrogens (tertiary/aromatic N) is 7. The third-order valence-electron chi connectivity index (χ3n) is 22.5. The highest BCUT2D eigenvalue weighted by Gasteiger charge is 2.36. The Bertz CT molecular complexity index is 3880. The molecule has 8 unspecified atom stereocenters. The molecule has 1 aliphatic carbocycles. The molecular formula is C91H137N9O18. The van der Waals surface area contributed by atoms with E-state index in [1.807, 2.05) is 93.0 Å². The van der Waals surface area contributed by atoms with Gasteiger partial charge >= 0.3 is 0 Å². The fourth-order valence-corrected chi connectivity index (χ4v) is 15.7. The number of aliphatic hydroxyl groups is 1. The molecule has 8 rings (SSSR count). The van der Waals surface area contributed by atoms with Gasteiger partial charge in [0, 0.05) is 85.0 Å². The van der Waals surface area contributed by atoms with Gasteiger partial charge in [-0.3, -0.25) is 24.0 Å². The van der Waals surface area contributed by atoms with Crippen molar-refractivity contribution < 1.29 is 85.6 Å². The Morgan fingerprint density at radius 1 is 0.712 bits per heavy atom. The zero-order valence-corrected chi connectivity index (χ0v) is 71.7. The number of carbonyl (C=O) groups is 5. The van der Waals surface area contributed by atoms with Gasteiger partial charge in [0.25, 0.3) is 18.4 Å². The van der Waals surface area contributed by atoms with E-state index in [2.05, 4.69) is 53.4 Å². The summed E-state index contributed by atoms with van der Waals surface area (Å²) in [6.07, 6.45) is 31.9. The molecule has 2 aliphatic heterocycles. The van der Waals surface area contributed by atoms with E-state index in [0.717, 1.165) is 161 Å². The number of carbonyl (C=O) groups excluding carboxylic acids is 5. The highest BCUT2D eigenvalue weighted by molar-refractivity contribution is 6.37. The van der Waals surface area contributed by atoms with Crippen LogP contribution in [0.1, 0.15) is 186 Å². The summed E-state index contributed by atoms with van der Waals surface area (Å²) in [4.78, 5) is 79.3. The van der Waals surface area contributed by atoms with Crippen molar-refractivity contribution in [3.8, 4) is 11.3 Å². The number of aryl methyl sites for hydroxylation is 1. The Hall–Kier alpha value is -7.67. The molecule has 654 valence electrons. The van der Waals surface area contributed by atoms with Crippen LogP contribution in [0, 0.1) is 23.7 Å². The number of aromatic nitrogens is 5. The number of ketones is 2. The second-order valence-corrected chi connectivity index (χ2v) is 32.2. The molecule has 5 heterocycles. The van der Waals surface area contributed by atoms with E-state index in [-0.39, 0.29) is 60.4 Å². The number of oxazole rings is 1. The van der Waals surface area contributed by atoms with Gasteiger partial charge in [-0.05, 0) is 212 Å². The van der Waals surface area contributed by atoms with E-state index in [1.54, 1.807) is 18.3 Å². The van der Waals surface area contributed by atoms with E-state index in [4.69, 9.17) is 72.3 Å². The molecule has 118 heavy (non-hydrogen) atoms. The average Bonchev–Trinajstić information content (AvgIpc) is 1.60. The minimum Gasteiger partial charge on any atom is -0.465 e. The maximum Gasteiger partial charge on any atom is 0.293 e. The monoisotopic (exact) mass is 1640 g/mol. The first-order valence-electron chi connectivity index (χ1n) is 43.4. The largest absolute Gasteiger partial charge is 0.465 e. The molecule has 0 spiro atoms. The number of Topliss-reactive ketones (excluding diaryl/α,β-unsaturated/α-hetero) is 2. The van der Waals surface area contributed by atoms with Gasteiger partial charge in [-0.2, -0.15) is 10.1 Å². The quantitative estimate of drug-likeness (QED) is 0.0107. The van der Waals surface area contributed by atoms with Gasteiger partial charge in [-0.15, -0.1) is 0 Å². The third-order valence-corrected chi connectivity index (χ3v) is 22.5. The number of methoxy groups -OCH3 is 1. The molecule has 2 amide bonds. The maximum absolute atomic E-state index is 13.3. The summed E-state index contributed by atoms with van der Waals surface area (Å²) in [5.41, 5.74) is 14.7. The molecule has 8 atom stereocenters. The average molecular weight is 1650 g/mol. The van der Waals surface area contributed by atoms with Crippen molar-refractivity contribution >= 4 is 64.3 Å². The lowest BCUT2D eigenvalue weighted by atomic mass is 9.83. The number of hydrogen-bond donors (Lipinski definition) is 3. The third kappa shape index (κ3) is 34.1. The molecule has 2 saturated heterocycles. The summed E-state index contributed by atoms with van der Waals surface area (Å²) >= 11 is 0. The molecule has 3 fully saturated rings. The topological polar surface area (TPSA) is 321 Å². The number of ether oxygens (including phenoxy) is 11. The van der Waals surface area contributed by atoms with E-state index in [9.17, 15) is 29.1 Å². The summed E-state index contributed by atoms with van der Waals surface area (Å²) in [5.74, 6) is 0.590. The van der Waals surface area contributed by atoms with Crippen LogP contribution in [0.3, 0.4) is 0 Å². The van der Waals surface area contributed by atoms with Gasteiger partial charge < -0.3 is 82.5 Å². The fraction of sp³-hybridized carbons (Fsp3) is 0.659. The number of likely N-dealkylation sites (tertiary alicyclic amines) is 1. The lowest BCUT2D eigenvalue weighted by Gasteiger charge is -2.33. The van der Waals surface area contributed by atoms with Crippen molar-refractivity contribution in [2.45, 2.75) is 225 Å². The Balaban J connectivity index is 0.556. The summed E-state index contributed by atoms with van der Waals surface area (Å²) in [6.45, 7) is 20.9. The highest BCUT2D eigenvalue weighted by atomic mass is 16.6. The first-order chi connectivity index (χ1) is 57.4. The van der Waals surface area contributed by atoms with E-state index >= 15 is 0 Å². The summed E-state index contributed by atoms with van der Waals surface area (Å²) < 4.78 is 71.4. The number of aliphatic hydroxyl groups excluding tert-OH is 1. The Kier molecular flexibility index (Phi) is 44.3. The second kappa shape index (κ2) is 54.6. The first-order valence-corrected chi connectivity index (χ1v) is 43.4. The van der Waals surface area contributed by atoms with Crippen LogP contribution in [-0.2, 0) is 95.5 Å². The summed E-state index contributed by atoms with van der Waals surface area (Å²) in [6, 6.07) is 12.3. The van der Waals surface area contributed by atoms with Crippen molar-refractivity contribution in [2.24, 2.45) is 23.7 Å². The van der Waals surface area contributed by atoms with Crippen LogP contribution in [0.25, 0.3) is 33.4 Å². The molecular weight excluding hydrogens is 1510 g/mol. The van der Waals surface area contributed by atoms with Crippen LogP contribution >= 0.6 is 0 Å². The predicted octanol–water partition coefficient (Wildman–Crippen LogP) is 13.1. The van der Waals surface area contributed by atoms with Crippen LogP contribution in [0.4, 0.5) is 11.8 Å². The lowest BCUT2D eigenvalue weighted by Crippen LogP contribution is -2.46. The van der Waals surface area contributed by atoms with E-state index in [1.165, 1.54) is 11.1 Å². The summed E-state index contributed by atoms with van der Waals surface area (Å²) in [5, 5.41) is 19.8. The molecule has 3 aliphatic rings. The fourth-order valence-electron chi connectivity index (χ4n) is 15.7. The van der Waals surface area contributed by atoms with Gasteiger partial charge in [-0.1, -0.05) is 75.4 Å². The molecule has 27 heteroatoms. The number of fused-ring (bicyclic) bond motifs is 2. The zero-order chi connectivity index (χ0) is 84.1. The second-order valence-electron chi connectivity index (χ2n) is 32.2. The van der Waals surface area contributed by atoms with Crippen molar-refractivity contribution in [3.05, 3.63) is 107 Å². The van der Waals surface area contributed by atoms with E-state index in [0.29, 0.717) is 180 Å². The van der Waals surface area contributed by atoms with Crippen molar-refractivity contribution in [1.82, 2.24) is 34.9 Å². The number of rotatable bonds is 61. The van der Waals surface area contributed by atoms with Crippen LogP contribution in [0.2, 0.25) is 0 Å². The Labute approximate surface area is 699 Å². The summed E-state index contributed by atoms with van der Waals surface area (Å²) in [7, 11) is 5.58. The van der Waals surface area contributed by atoms with Gasteiger partial charge in [0.2, 0.25) is 12.2 Å². The van der Waals surface area contributed by atoms with Gasteiger partial charge in [0.15, 0.2) is 11.2 Å². The molecule has 0 bridgehead atoms. The number of anilines is 2. The Morgan fingerprint density at radius 2 is 1.39 bits per heavy atom. The normalized spacial score (nSPS) is 18.6. The number of benzene rings is 2. The number of unbranched alkanes of at least 4 members (excludes halogenated alkanes) is 2. The minimum atomic E-state index is -0.858. The van der Waals surface area contributed by atoms with Gasteiger partial charge in [0.05, 0.1) is 116 Å². The number of allylic oxidation sites excluding steroid dienone is 6. The molecule has 2 aromatic carbocycles. The molecule has 27 nitrogen and oxygen atoms in total. The number of hydrogen-bond acceptors (Lipinski definition) is 24. The zero-order valence-electron chi connectivity index (χ0n) is 71.7. The number of nitrogens with one attached hydrogen (secondary N) is 1. The van der Waals surface area contributed by atoms with Crippen molar-refractivity contribution in [2.75, 3.05) is 151 Å². The molecule has 0 radical (unpaired) electrons. The SMILES string of the molecule is COC(CC1CCCC(C(=O)C(=O)N2CCCCC2)O1)/C(C)=C/C=C/C=C/C(C)CC(C)C(=O)CC(O)/C(C)=C/C(C)CCC(CCC1CCC(OCCOCCOCCOCCOCCOCCOCCCCCOCCCc2ccc(Cn3nc(-c4ccc5oc(N)nc5c4)c4c(N(C)C)ncnc43)cc2CCNC=O)CC1)OC=O. The van der Waals surface area contributed by atoms with Crippen LogP contribution < -0.4 is 16.0 Å². The highest BCUT2D eigenvalue weighted by Crippen LogP contribution is 2.36. The predicted molar refractivity (Wildman–Crippen MR) is 456 cm³/mol. The minimum absolute atomic E-state index is 0.0336. The van der Waals surface area contributed by atoms with Crippen LogP contribution in [-0.4, -0.2) is 242 Å². The van der Waals surface area contributed by atoms with E-state index < -0.39 is 23.9 Å². The first kappa shape index (κ1) is 95.8. The van der Waals surface area contributed by atoms with Crippen molar-refractivity contribution in [3.63, 3.8) is 0 Å². The number of nitrogen functional groups attached to an aromatic ring is 1.